The highest BCUT2D eigenvalue weighted by molar-refractivity contribution is 5.24. The minimum atomic E-state index is -0.500. The van der Waals surface area contributed by atoms with Crippen molar-refractivity contribution in [3.05, 3.63) is 34.9 Å². The highest BCUT2D eigenvalue weighted by atomic mass is 19.1. The number of rotatable bonds is 2. The van der Waals surface area contributed by atoms with E-state index in [1.54, 1.807) is 0 Å². The second-order valence-corrected chi connectivity index (χ2v) is 3.01. The maximum atomic E-state index is 13.1. The largest absolute Gasteiger partial charge is 0.314 e. The van der Waals surface area contributed by atoms with Gasteiger partial charge in [0.15, 0.2) is 0 Å². The van der Waals surface area contributed by atoms with Crippen LogP contribution in [0.2, 0.25) is 0 Å². The van der Waals surface area contributed by atoms with Crippen molar-refractivity contribution >= 4 is 0 Å². The van der Waals surface area contributed by atoms with Crippen molar-refractivity contribution in [3.63, 3.8) is 0 Å². The average molecular weight is 187 g/mol. The molecule has 2 nitrogen and oxygen atoms in total. The third kappa shape index (κ3) is 2.47. The normalized spacial score (nSPS) is 10.9. The summed E-state index contributed by atoms with van der Waals surface area (Å²) in [4.78, 5) is 0. The zero-order valence-electron chi connectivity index (χ0n) is 7.51. The van der Waals surface area contributed by atoms with E-state index in [0.29, 0.717) is 0 Å². The van der Waals surface area contributed by atoms with Gasteiger partial charge in [-0.3, -0.25) is 0 Å². The van der Waals surface area contributed by atoms with Crippen molar-refractivity contribution in [1.82, 2.24) is 5.06 Å². The maximum Gasteiger partial charge on any atom is 0.128 e. The quantitative estimate of drug-likeness (QED) is 0.716. The summed E-state index contributed by atoms with van der Waals surface area (Å²) in [6, 6.07) is 2.21. The highest BCUT2D eigenvalue weighted by Gasteiger charge is 2.08. The van der Waals surface area contributed by atoms with Gasteiger partial charge in [-0.15, -0.1) is 0 Å². The van der Waals surface area contributed by atoms with Crippen LogP contribution in [0, 0.1) is 18.6 Å². The highest BCUT2D eigenvalue weighted by Crippen LogP contribution is 2.14. The first-order chi connectivity index (χ1) is 6.00. The molecule has 72 valence electrons. The van der Waals surface area contributed by atoms with E-state index in [-0.39, 0.29) is 17.7 Å². The molecule has 0 bridgehead atoms. The number of hydrogen-bond donors (Lipinski definition) is 1. The van der Waals surface area contributed by atoms with Crippen molar-refractivity contribution in [2.45, 2.75) is 13.5 Å². The van der Waals surface area contributed by atoms with E-state index in [2.05, 4.69) is 0 Å². The van der Waals surface area contributed by atoms with Gasteiger partial charge in [-0.05, 0) is 24.6 Å². The van der Waals surface area contributed by atoms with Gasteiger partial charge in [-0.1, -0.05) is 0 Å². The zero-order valence-corrected chi connectivity index (χ0v) is 7.51. The molecule has 0 aromatic heterocycles. The predicted molar refractivity (Wildman–Crippen MR) is 44.3 cm³/mol. The molecule has 13 heavy (non-hydrogen) atoms. The maximum absolute atomic E-state index is 13.1. The molecule has 0 radical (unpaired) electrons. The number of hydrogen-bond acceptors (Lipinski definition) is 2. The summed E-state index contributed by atoms with van der Waals surface area (Å²) in [5, 5.41) is 9.63. The molecule has 0 amide bonds. The average Bonchev–Trinajstić information content (AvgIpc) is 1.99. The van der Waals surface area contributed by atoms with Crippen molar-refractivity contribution in [3.8, 4) is 0 Å². The molecule has 1 aromatic rings. The number of nitrogens with zero attached hydrogens (tertiary/aromatic N) is 1. The third-order valence-corrected chi connectivity index (χ3v) is 1.73. The molecule has 0 unspecified atom stereocenters. The molecule has 1 aromatic carbocycles. The number of hydroxylamine groups is 2. The van der Waals surface area contributed by atoms with Crippen molar-refractivity contribution in [2.75, 3.05) is 7.05 Å². The molecule has 0 aliphatic carbocycles. The van der Waals surface area contributed by atoms with Gasteiger partial charge < -0.3 is 5.21 Å². The fourth-order valence-corrected chi connectivity index (χ4v) is 1.06. The summed E-state index contributed by atoms with van der Waals surface area (Å²) in [5.74, 6) is -0.960. The van der Waals surface area contributed by atoms with Crippen LogP contribution >= 0.6 is 0 Å². The van der Waals surface area contributed by atoms with Crippen LogP contribution in [0.25, 0.3) is 0 Å². The van der Waals surface area contributed by atoms with Crippen LogP contribution in [0.15, 0.2) is 12.1 Å². The van der Waals surface area contributed by atoms with Gasteiger partial charge in [-0.25, -0.2) is 8.78 Å². The summed E-state index contributed by atoms with van der Waals surface area (Å²) in [6.45, 7) is 1.47. The first kappa shape index (κ1) is 10.1. The van der Waals surface area contributed by atoms with Crippen molar-refractivity contribution in [2.24, 2.45) is 0 Å². The van der Waals surface area contributed by atoms with Crippen LogP contribution in [-0.2, 0) is 6.54 Å². The predicted octanol–water partition coefficient (Wildman–Crippen LogP) is 2.09. The molecule has 0 aliphatic heterocycles. The van der Waals surface area contributed by atoms with Crippen LogP contribution in [0.1, 0.15) is 11.1 Å². The second-order valence-electron chi connectivity index (χ2n) is 3.01. The monoisotopic (exact) mass is 187 g/mol. The molecule has 0 aliphatic rings. The third-order valence-electron chi connectivity index (χ3n) is 1.73. The molecular weight excluding hydrogens is 176 g/mol. The van der Waals surface area contributed by atoms with Gasteiger partial charge in [0.1, 0.15) is 11.6 Å². The Hall–Kier alpha value is -1.00. The van der Waals surface area contributed by atoms with Gasteiger partial charge in [0.2, 0.25) is 0 Å². The Morgan fingerprint density at radius 2 is 1.92 bits per heavy atom. The lowest BCUT2D eigenvalue weighted by atomic mass is 10.1. The first-order valence-corrected chi connectivity index (χ1v) is 3.85. The fraction of sp³-hybridized carbons (Fsp3) is 0.333. The molecule has 0 fully saturated rings. The Kier molecular flexibility index (Phi) is 2.95. The van der Waals surface area contributed by atoms with E-state index < -0.39 is 11.6 Å². The fourth-order valence-electron chi connectivity index (χ4n) is 1.06. The van der Waals surface area contributed by atoms with E-state index in [0.717, 1.165) is 17.2 Å². The second kappa shape index (κ2) is 3.81. The Morgan fingerprint density at radius 1 is 1.31 bits per heavy atom. The molecule has 0 heterocycles. The minimum Gasteiger partial charge on any atom is -0.314 e. The van der Waals surface area contributed by atoms with Crippen molar-refractivity contribution < 1.29 is 14.0 Å². The molecule has 1 N–H and O–H groups in total. The van der Waals surface area contributed by atoms with Crippen molar-refractivity contribution in [1.29, 1.82) is 0 Å². The number of halogens is 2. The van der Waals surface area contributed by atoms with Gasteiger partial charge in [0.25, 0.3) is 0 Å². The molecule has 0 saturated carbocycles. The molecule has 0 spiro atoms. The summed E-state index contributed by atoms with van der Waals surface area (Å²) in [5.41, 5.74) is 0.412. The van der Waals surface area contributed by atoms with E-state index in [1.807, 2.05) is 0 Å². The Labute approximate surface area is 75.4 Å². The zero-order chi connectivity index (χ0) is 10.0. The smallest absolute Gasteiger partial charge is 0.128 e. The van der Waals surface area contributed by atoms with Gasteiger partial charge in [-0.2, -0.15) is 5.06 Å². The van der Waals surface area contributed by atoms with Crippen LogP contribution < -0.4 is 0 Å². The molecule has 4 heteroatoms. The molecule has 0 saturated heterocycles. The van der Waals surface area contributed by atoms with Gasteiger partial charge in [0, 0.05) is 12.6 Å². The Morgan fingerprint density at radius 3 is 2.46 bits per heavy atom. The van der Waals surface area contributed by atoms with Crippen LogP contribution in [0.5, 0.6) is 0 Å². The number of aryl methyl sites for hydroxylation is 1. The summed E-state index contributed by atoms with van der Waals surface area (Å²) >= 11 is 0. The van der Waals surface area contributed by atoms with E-state index in [1.165, 1.54) is 14.0 Å². The summed E-state index contributed by atoms with van der Waals surface area (Å²) in [6.07, 6.45) is 0. The number of benzene rings is 1. The molecular formula is C9H11F2NO. The van der Waals surface area contributed by atoms with E-state index >= 15 is 0 Å². The van der Waals surface area contributed by atoms with Crippen LogP contribution in [0.4, 0.5) is 8.78 Å². The topological polar surface area (TPSA) is 23.5 Å². The van der Waals surface area contributed by atoms with E-state index in [9.17, 15) is 8.78 Å². The van der Waals surface area contributed by atoms with Gasteiger partial charge in [0.05, 0.1) is 6.54 Å². The SMILES string of the molecule is Cc1cc(F)c(CN(C)O)cc1F. The Bertz CT molecular complexity index is 313. The summed E-state index contributed by atoms with van der Waals surface area (Å²) in [7, 11) is 1.37. The molecule has 0 atom stereocenters. The van der Waals surface area contributed by atoms with Gasteiger partial charge >= 0.3 is 0 Å². The minimum absolute atomic E-state index is 0.0248. The molecule has 1 rings (SSSR count). The lowest BCUT2D eigenvalue weighted by Gasteiger charge is -2.09. The summed E-state index contributed by atoms with van der Waals surface area (Å²) < 4.78 is 26.0. The van der Waals surface area contributed by atoms with E-state index in [4.69, 9.17) is 5.21 Å². The van der Waals surface area contributed by atoms with Crippen LogP contribution in [0.3, 0.4) is 0 Å². The Balaban J connectivity index is 3.01. The lowest BCUT2D eigenvalue weighted by molar-refractivity contribution is -0.0739. The lowest BCUT2D eigenvalue weighted by Crippen LogP contribution is -2.13. The standard InChI is InChI=1S/C9H11F2NO/c1-6-3-9(11)7(4-8(6)10)5-12(2)13/h3-4,13H,5H2,1-2H3. The first-order valence-electron chi connectivity index (χ1n) is 3.85. The van der Waals surface area contributed by atoms with Crippen LogP contribution in [-0.4, -0.2) is 17.3 Å².